The minimum Gasteiger partial charge on any atom is -0.423 e. The lowest BCUT2D eigenvalue weighted by molar-refractivity contribution is -0.134. The van der Waals surface area contributed by atoms with Gasteiger partial charge >= 0.3 is 11.9 Å². The van der Waals surface area contributed by atoms with Crippen LogP contribution in [-0.4, -0.2) is 11.9 Å². The monoisotopic (exact) mass is 318 g/mol. The summed E-state index contributed by atoms with van der Waals surface area (Å²) in [6.45, 7) is 2.65. The quantitative estimate of drug-likeness (QED) is 0.311. The highest BCUT2D eigenvalue weighted by Gasteiger charge is 2.19. The molecule has 4 aromatic carbocycles. The Labute approximate surface area is 137 Å². The summed E-state index contributed by atoms with van der Waals surface area (Å²) in [6, 6.07) is 15.7. The minimum atomic E-state index is -0.462. The van der Waals surface area contributed by atoms with Crippen molar-refractivity contribution < 1.29 is 19.1 Å². The lowest BCUT2D eigenvalue weighted by Crippen LogP contribution is -2.07. The molecule has 0 N–H and O–H groups in total. The Morgan fingerprint density at radius 3 is 2.04 bits per heavy atom. The molecule has 0 atom stereocenters. The first kappa shape index (κ1) is 14.5. The summed E-state index contributed by atoms with van der Waals surface area (Å²) in [6.07, 6.45) is 0. The maximum Gasteiger partial charge on any atom is 0.308 e. The van der Waals surface area contributed by atoms with Crippen molar-refractivity contribution in [1.82, 2.24) is 0 Å². The Bertz CT molecular complexity index is 1100. The second-order valence-corrected chi connectivity index (χ2v) is 5.75. The molecular formula is C20H14O4. The van der Waals surface area contributed by atoms with Crippen molar-refractivity contribution in [2.45, 2.75) is 13.8 Å². The average Bonchev–Trinajstić information content (AvgIpc) is 2.54. The van der Waals surface area contributed by atoms with Crippen LogP contribution in [0.5, 0.6) is 11.5 Å². The first-order valence-electron chi connectivity index (χ1n) is 7.62. The van der Waals surface area contributed by atoms with Gasteiger partial charge in [0.15, 0.2) is 11.5 Å². The SMILES string of the molecule is CC(=O)Oc1cc2ccc3cccc4ccc(c1OC(C)=O)c2c34. The van der Waals surface area contributed by atoms with Crippen molar-refractivity contribution in [3.05, 3.63) is 48.5 Å². The molecule has 0 aliphatic carbocycles. The van der Waals surface area contributed by atoms with Crippen molar-refractivity contribution in [3.8, 4) is 11.5 Å². The largest absolute Gasteiger partial charge is 0.423 e. The van der Waals surface area contributed by atoms with E-state index in [1.807, 2.05) is 42.5 Å². The highest BCUT2D eigenvalue weighted by atomic mass is 16.6. The molecule has 0 spiro atoms. The van der Waals surface area contributed by atoms with Crippen LogP contribution in [0.2, 0.25) is 0 Å². The molecule has 0 fully saturated rings. The summed E-state index contributed by atoms with van der Waals surface area (Å²) >= 11 is 0. The van der Waals surface area contributed by atoms with E-state index in [-0.39, 0.29) is 11.5 Å². The van der Waals surface area contributed by atoms with E-state index in [1.165, 1.54) is 13.8 Å². The lowest BCUT2D eigenvalue weighted by Gasteiger charge is -2.16. The molecule has 0 bridgehead atoms. The predicted molar refractivity (Wildman–Crippen MR) is 92.8 cm³/mol. The number of hydrogen-bond acceptors (Lipinski definition) is 4. The van der Waals surface area contributed by atoms with E-state index in [0.29, 0.717) is 0 Å². The second kappa shape index (κ2) is 5.20. The van der Waals surface area contributed by atoms with Gasteiger partial charge in [0.1, 0.15) is 0 Å². The topological polar surface area (TPSA) is 52.6 Å². The molecule has 0 amide bonds. The smallest absolute Gasteiger partial charge is 0.308 e. The van der Waals surface area contributed by atoms with E-state index in [0.717, 1.165) is 32.3 Å². The molecule has 0 saturated heterocycles. The van der Waals surface area contributed by atoms with Crippen LogP contribution in [0.1, 0.15) is 13.8 Å². The maximum absolute atomic E-state index is 11.5. The van der Waals surface area contributed by atoms with Gasteiger partial charge in [-0.15, -0.1) is 0 Å². The van der Waals surface area contributed by atoms with Crippen molar-refractivity contribution in [1.29, 1.82) is 0 Å². The van der Waals surface area contributed by atoms with Crippen LogP contribution in [0.25, 0.3) is 32.3 Å². The number of carbonyl (C=O) groups excluding carboxylic acids is 2. The number of esters is 2. The van der Waals surface area contributed by atoms with Crippen molar-refractivity contribution in [2.75, 3.05) is 0 Å². The van der Waals surface area contributed by atoms with Crippen LogP contribution in [-0.2, 0) is 9.59 Å². The highest BCUT2D eigenvalue weighted by Crippen LogP contribution is 2.43. The van der Waals surface area contributed by atoms with Gasteiger partial charge in [-0.3, -0.25) is 9.59 Å². The van der Waals surface area contributed by atoms with Crippen LogP contribution in [0.4, 0.5) is 0 Å². The fraction of sp³-hybridized carbons (Fsp3) is 0.100. The highest BCUT2D eigenvalue weighted by molar-refractivity contribution is 6.24. The van der Waals surface area contributed by atoms with Crippen molar-refractivity contribution in [2.24, 2.45) is 0 Å². The summed E-state index contributed by atoms with van der Waals surface area (Å²) in [7, 11) is 0. The van der Waals surface area contributed by atoms with Crippen LogP contribution >= 0.6 is 0 Å². The second-order valence-electron chi connectivity index (χ2n) is 5.75. The van der Waals surface area contributed by atoms with E-state index < -0.39 is 11.9 Å². The third-order valence-corrected chi connectivity index (χ3v) is 4.06. The Morgan fingerprint density at radius 2 is 1.38 bits per heavy atom. The first-order valence-corrected chi connectivity index (χ1v) is 7.62. The zero-order valence-corrected chi connectivity index (χ0v) is 13.3. The molecule has 118 valence electrons. The number of carbonyl (C=O) groups is 2. The predicted octanol–water partition coefficient (Wildman–Crippen LogP) is 4.43. The molecule has 0 unspecified atom stereocenters. The van der Waals surface area contributed by atoms with E-state index in [1.54, 1.807) is 6.07 Å². The normalized spacial score (nSPS) is 11.2. The molecular weight excluding hydrogens is 304 g/mol. The number of benzene rings is 4. The summed E-state index contributed by atoms with van der Waals surface area (Å²) in [4.78, 5) is 23.0. The van der Waals surface area contributed by atoms with E-state index in [4.69, 9.17) is 9.47 Å². The number of rotatable bonds is 2. The molecule has 4 nitrogen and oxygen atoms in total. The molecule has 0 heterocycles. The third kappa shape index (κ3) is 2.15. The minimum absolute atomic E-state index is 0.253. The van der Waals surface area contributed by atoms with Crippen molar-refractivity contribution >= 4 is 44.3 Å². The summed E-state index contributed by atoms with van der Waals surface area (Å²) < 4.78 is 10.7. The van der Waals surface area contributed by atoms with Crippen molar-refractivity contribution in [3.63, 3.8) is 0 Å². The van der Waals surface area contributed by atoms with Gasteiger partial charge in [0.25, 0.3) is 0 Å². The fourth-order valence-electron chi connectivity index (χ4n) is 3.24. The Balaban J connectivity index is 2.17. The number of hydrogen-bond donors (Lipinski definition) is 0. The van der Waals surface area contributed by atoms with E-state index >= 15 is 0 Å². The molecule has 0 aliphatic heterocycles. The molecule has 4 heteroatoms. The summed E-state index contributed by atoms with van der Waals surface area (Å²) in [5, 5.41) is 6.01. The van der Waals surface area contributed by atoms with Gasteiger partial charge in [0.2, 0.25) is 0 Å². The molecule has 0 saturated carbocycles. The Hall–Kier alpha value is -3.14. The van der Waals surface area contributed by atoms with Gasteiger partial charge < -0.3 is 9.47 Å². The first-order chi connectivity index (χ1) is 11.5. The molecule has 4 aromatic rings. The van der Waals surface area contributed by atoms with E-state index in [9.17, 15) is 9.59 Å². The average molecular weight is 318 g/mol. The lowest BCUT2D eigenvalue weighted by atomic mass is 9.93. The maximum atomic E-state index is 11.5. The van der Waals surface area contributed by atoms with Gasteiger partial charge in [-0.05, 0) is 33.7 Å². The summed E-state index contributed by atoms with van der Waals surface area (Å²) in [5.74, 6) is -0.387. The molecule has 0 radical (unpaired) electrons. The van der Waals surface area contributed by atoms with Gasteiger partial charge in [0.05, 0.1) is 0 Å². The fourth-order valence-corrected chi connectivity index (χ4v) is 3.24. The summed E-state index contributed by atoms with van der Waals surface area (Å²) in [5.41, 5.74) is 0. The Morgan fingerprint density at radius 1 is 0.750 bits per heavy atom. The van der Waals surface area contributed by atoms with Crippen LogP contribution in [0.15, 0.2) is 48.5 Å². The molecule has 24 heavy (non-hydrogen) atoms. The van der Waals surface area contributed by atoms with Gasteiger partial charge in [-0.1, -0.05) is 36.4 Å². The van der Waals surface area contributed by atoms with Gasteiger partial charge in [-0.25, -0.2) is 0 Å². The van der Waals surface area contributed by atoms with Crippen LogP contribution in [0.3, 0.4) is 0 Å². The molecule has 0 aromatic heterocycles. The van der Waals surface area contributed by atoms with Gasteiger partial charge in [0, 0.05) is 24.6 Å². The zero-order valence-electron chi connectivity index (χ0n) is 13.3. The Kier molecular flexibility index (Phi) is 3.13. The standard InChI is InChI=1S/C20H14O4/c1-11(21)23-17-10-15-7-6-13-4-3-5-14-8-9-16(19(15)18(13)14)20(17)24-12(2)22/h3-10H,1-2H3. The number of ether oxygens (including phenoxy) is 2. The van der Waals surface area contributed by atoms with Gasteiger partial charge in [-0.2, -0.15) is 0 Å². The zero-order chi connectivity index (χ0) is 16.8. The van der Waals surface area contributed by atoms with Crippen LogP contribution in [0, 0.1) is 0 Å². The van der Waals surface area contributed by atoms with E-state index in [2.05, 4.69) is 0 Å². The third-order valence-electron chi connectivity index (χ3n) is 4.06. The molecule has 4 rings (SSSR count). The molecule has 0 aliphatic rings. The van der Waals surface area contributed by atoms with Crippen LogP contribution < -0.4 is 9.47 Å².